The van der Waals surface area contributed by atoms with Gasteiger partial charge in [-0.3, -0.25) is 14.2 Å². The molecule has 1 unspecified atom stereocenters. The van der Waals surface area contributed by atoms with E-state index in [0.717, 1.165) is 42.9 Å². The summed E-state index contributed by atoms with van der Waals surface area (Å²) in [4.78, 5) is 31.3. The zero-order valence-corrected chi connectivity index (χ0v) is 20.9. The summed E-state index contributed by atoms with van der Waals surface area (Å²) >= 11 is 1.33. The van der Waals surface area contributed by atoms with Crippen molar-refractivity contribution in [1.29, 1.82) is 0 Å². The van der Waals surface area contributed by atoms with Crippen LogP contribution in [0.1, 0.15) is 40.2 Å². The zero-order valence-electron chi connectivity index (χ0n) is 20.1. The average Bonchev–Trinajstić information content (AvgIpc) is 3.49. The summed E-state index contributed by atoms with van der Waals surface area (Å²) in [5.41, 5.74) is 4.50. The Morgan fingerprint density at radius 3 is 2.63 bits per heavy atom. The number of aryl methyl sites for hydroxylation is 1. The predicted molar refractivity (Wildman–Crippen MR) is 139 cm³/mol. The molecule has 0 radical (unpaired) electrons. The number of aromatic nitrogens is 3. The number of carbonyl (C=O) groups excluding carboxylic acids is 1. The number of ketones is 1. The molecule has 180 valence electrons. The quantitative estimate of drug-likeness (QED) is 0.198. The number of benzene rings is 2. The minimum absolute atomic E-state index is 0.00243. The lowest BCUT2D eigenvalue weighted by Gasteiger charge is -2.16. The van der Waals surface area contributed by atoms with Crippen LogP contribution in [0, 0.1) is 13.8 Å². The van der Waals surface area contributed by atoms with E-state index in [1.807, 2.05) is 56.3 Å². The van der Waals surface area contributed by atoms with Gasteiger partial charge in [-0.25, -0.2) is 4.98 Å². The van der Waals surface area contributed by atoms with Gasteiger partial charge < -0.3 is 9.30 Å². The van der Waals surface area contributed by atoms with Crippen molar-refractivity contribution in [3.63, 3.8) is 0 Å². The number of Topliss-reactive ketones (excluding diaryl/α,β-unsaturated/α-hetero) is 1. The number of carbonyl (C=O) groups is 1. The molecule has 1 aliphatic rings. The summed E-state index contributed by atoms with van der Waals surface area (Å²) < 4.78 is 9.65. The second kappa shape index (κ2) is 10.2. The van der Waals surface area contributed by atoms with Crippen LogP contribution in [0.2, 0.25) is 0 Å². The van der Waals surface area contributed by atoms with Gasteiger partial charge in [-0.15, -0.1) is 0 Å². The van der Waals surface area contributed by atoms with Crippen molar-refractivity contribution in [2.75, 3.05) is 12.4 Å². The number of thioether (sulfide) groups is 1. The first-order chi connectivity index (χ1) is 17.0. The van der Waals surface area contributed by atoms with Gasteiger partial charge in [0.25, 0.3) is 5.56 Å². The van der Waals surface area contributed by atoms with Gasteiger partial charge in [0, 0.05) is 30.1 Å². The molecular formula is C28H29N3O3S. The normalized spacial score (nSPS) is 15.7. The SMILES string of the molecule is Cc1cc(C(=O)CSc2nc3ccccc3c(=O)n2CC2CCCO2)c(C)n1Cc1ccccc1. The van der Waals surface area contributed by atoms with E-state index >= 15 is 0 Å². The van der Waals surface area contributed by atoms with Crippen molar-refractivity contribution in [2.45, 2.75) is 51.0 Å². The number of rotatable bonds is 8. The van der Waals surface area contributed by atoms with Crippen LogP contribution in [-0.2, 0) is 17.8 Å². The monoisotopic (exact) mass is 487 g/mol. The van der Waals surface area contributed by atoms with Crippen molar-refractivity contribution in [2.24, 2.45) is 0 Å². The molecule has 35 heavy (non-hydrogen) atoms. The highest BCUT2D eigenvalue weighted by Crippen LogP contribution is 2.24. The topological polar surface area (TPSA) is 66.1 Å². The maximum atomic E-state index is 13.3. The van der Waals surface area contributed by atoms with Crippen LogP contribution in [0.5, 0.6) is 0 Å². The molecule has 0 saturated carbocycles. The maximum absolute atomic E-state index is 13.3. The summed E-state index contributed by atoms with van der Waals surface area (Å²) in [6.07, 6.45) is 1.93. The molecule has 3 heterocycles. The minimum atomic E-state index is -0.0814. The fourth-order valence-corrected chi connectivity index (χ4v) is 5.60. The molecule has 1 saturated heterocycles. The Bertz CT molecular complexity index is 1420. The van der Waals surface area contributed by atoms with Gasteiger partial charge in [0.1, 0.15) is 0 Å². The Labute approximate surface area is 208 Å². The third-order valence-corrected chi connectivity index (χ3v) is 7.60. The van der Waals surface area contributed by atoms with Gasteiger partial charge in [-0.05, 0) is 50.5 Å². The Balaban J connectivity index is 1.39. The summed E-state index contributed by atoms with van der Waals surface area (Å²) in [5.74, 6) is 0.250. The molecule has 1 fully saturated rings. The third kappa shape index (κ3) is 4.97. The Morgan fingerprint density at radius 2 is 1.86 bits per heavy atom. The molecule has 0 aliphatic carbocycles. The standard InChI is InChI=1S/C28H29N3O3S/c1-19-15-24(20(2)30(19)16-21-9-4-3-5-10-21)26(32)18-35-28-29-25-13-7-6-12-23(25)27(33)31(28)17-22-11-8-14-34-22/h3-7,9-10,12-13,15,22H,8,11,14,16-18H2,1-2H3. The fraction of sp³-hybridized carbons (Fsp3) is 0.321. The van der Waals surface area contributed by atoms with Crippen molar-refractivity contribution < 1.29 is 9.53 Å². The molecular weight excluding hydrogens is 458 g/mol. The Morgan fingerprint density at radius 1 is 1.09 bits per heavy atom. The molecule has 7 heteroatoms. The number of ether oxygens (including phenoxy) is 1. The largest absolute Gasteiger partial charge is 0.376 e. The first-order valence-corrected chi connectivity index (χ1v) is 13.0. The van der Waals surface area contributed by atoms with Crippen LogP contribution in [0.3, 0.4) is 0 Å². The molecule has 6 nitrogen and oxygen atoms in total. The minimum Gasteiger partial charge on any atom is -0.376 e. The molecule has 0 N–H and O–H groups in total. The molecule has 4 aromatic rings. The predicted octanol–water partition coefficient (Wildman–Crippen LogP) is 5.02. The Kier molecular flexibility index (Phi) is 6.88. The van der Waals surface area contributed by atoms with E-state index in [1.54, 1.807) is 10.6 Å². The van der Waals surface area contributed by atoms with E-state index in [0.29, 0.717) is 22.6 Å². The lowest BCUT2D eigenvalue weighted by atomic mass is 10.2. The molecule has 1 aliphatic heterocycles. The van der Waals surface area contributed by atoms with Gasteiger partial charge in [-0.2, -0.15) is 0 Å². The highest BCUT2D eigenvalue weighted by molar-refractivity contribution is 7.99. The molecule has 1 atom stereocenters. The van der Waals surface area contributed by atoms with Crippen LogP contribution in [0.15, 0.2) is 70.6 Å². The number of fused-ring (bicyclic) bond motifs is 1. The van der Waals surface area contributed by atoms with Crippen LogP contribution in [0.4, 0.5) is 0 Å². The molecule has 2 aromatic heterocycles. The summed E-state index contributed by atoms with van der Waals surface area (Å²) in [6, 6.07) is 19.6. The first-order valence-electron chi connectivity index (χ1n) is 12.0. The smallest absolute Gasteiger partial charge is 0.262 e. The number of nitrogens with zero attached hydrogens (tertiary/aromatic N) is 3. The van der Waals surface area contributed by atoms with E-state index in [2.05, 4.69) is 16.7 Å². The number of hydrogen-bond donors (Lipinski definition) is 0. The average molecular weight is 488 g/mol. The molecule has 0 amide bonds. The van der Waals surface area contributed by atoms with Gasteiger partial charge >= 0.3 is 0 Å². The summed E-state index contributed by atoms with van der Waals surface area (Å²) in [5, 5.41) is 1.15. The first kappa shape index (κ1) is 23.6. The van der Waals surface area contributed by atoms with Crippen molar-refractivity contribution in [1.82, 2.24) is 14.1 Å². The van der Waals surface area contributed by atoms with Crippen molar-refractivity contribution in [3.05, 3.63) is 93.5 Å². The lowest BCUT2D eigenvalue weighted by Crippen LogP contribution is -2.29. The van der Waals surface area contributed by atoms with Crippen LogP contribution in [0.25, 0.3) is 10.9 Å². The zero-order chi connectivity index (χ0) is 24.4. The Hall–Kier alpha value is -3.16. The lowest BCUT2D eigenvalue weighted by molar-refractivity contribution is 0.0937. The molecule has 2 aromatic carbocycles. The van der Waals surface area contributed by atoms with Crippen molar-refractivity contribution >= 4 is 28.4 Å². The molecule has 0 bridgehead atoms. The van der Waals surface area contributed by atoms with E-state index in [9.17, 15) is 9.59 Å². The molecule has 5 rings (SSSR count). The fourth-order valence-electron chi connectivity index (χ4n) is 4.71. The van der Waals surface area contributed by atoms with Gasteiger partial charge in [-0.1, -0.05) is 54.2 Å². The molecule has 0 spiro atoms. The summed E-state index contributed by atoms with van der Waals surface area (Å²) in [6.45, 7) is 5.93. The second-order valence-corrected chi connectivity index (χ2v) is 9.97. The third-order valence-electron chi connectivity index (χ3n) is 6.63. The highest BCUT2D eigenvalue weighted by atomic mass is 32.2. The second-order valence-electron chi connectivity index (χ2n) is 9.03. The van der Waals surface area contributed by atoms with Gasteiger partial charge in [0.05, 0.1) is 29.3 Å². The van der Waals surface area contributed by atoms with Crippen LogP contribution < -0.4 is 5.56 Å². The number of para-hydroxylation sites is 1. The van der Waals surface area contributed by atoms with E-state index < -0.39 is 0 Å². The van der Waals surface area contributed by atoms with Gasteiger partial charge in [0.15, 0.2) is 10.9 Å². The van der Waals surface area contributed by atoms with Crippen molar-refractivity contribution in [3.8, 4) is 0 Å². The van der Waals surface area contributed by atoms with Gasteiger partial charge in [0.2, 0.25) is 0 Å². The summed E-state index contributed by atoms with van der Waals surface area (Å²) in [7, 11) is 0. The highest BCUT2D eigenvalue weighted by Gasteiger charge is 2.22. The van der Waals surface area contributed by atoms with Crippen LogP contribution in [-0.4, -0.2) is 38.4 Å². The number of hydrogen-bond acceptors (Lipinski definition) is 5. The van der Waals surface area contributed by atoms with E-state index in [1.165, 1.54) is 17.3 Å². The maximum Gasteiger partial charge on any atom is 0.262 e. The van der Waals surface area contributed by atoms with Crippen LogP contribution >= 0.6 is 11.8 Å². The van der Waals surface area contributed by atoms with E-state index in [4.69, 9.17) is 9.72 Å². The van der Waals surface area contributed by atoms with E-state index in [-0.39, 0.29) is 23.2 Å².